The third-order valence-electron chi connectivity index (χ3n) is 3.53. The van der Waals surface area contributed by atoms with Gasteiger partial charge in [0.25, 0.3) is 0 Å². The minimum absolute atomic E-state index is 0.0880. The number of hydrogen-bond donors (Lipinski definition) is 2. The van der Waals surface area contributed by atoms with Gasteiger partial charge in [-0.15, -0.1) is 0 Å². The Kier molecular flexibility index (Phi) is 7.29. The standard InChI is InChI=1S/C19H20ClNO4/c20-17-6-2-1-5-14(17)13-25-16-11-9-15(10-12-16)21-18(22)7-3-4-8-19(23)24/h1-2,5-6,9-12H,3-4,7-8,13H2,(H,21,22)(H,23,24). The molecular weight excluding hydrogens is 342 g/mol. The monoisotopic (exact) mass is 361 g/mol. The fourth-order valence-electron chi connectivity index (χ4n) is 2.20. The first-order valence-corrected chi connectivity index (χ1v) is 8.40. The number of amides is 1. The van der Waals surface area contributed by atoms with Crippen LogP contribution in [0.1, 0.15) is 31.2 Å². The molecule has 0 aliphatic carbocycles. The molecule has 0 saturated carbocycles. The minimum atomic E-state index is -0.840. The molecule has 0 radical (unpaired) electrons. The van der Waals surface area contributed by atoms with Crippen LogP contribution in [0.25, 0.3) is 0 Å². The van der Waals surface area contributed by atoms with E-state index in [4.69, 9.17) is 21.4 Å². The number of benzene rings is 2. The molecule has 0 heterocycles. The summed E-state index contributed by atoms with van der Waals surface area (Å²) >= 11 is 6.08. The Morgan fingerprint density at radius 3 is 2.36 bits per heavy atom. The second-order valence-electron chi connectivity index (χ2n) is 5.55. The van der Waals surface area contributed by atoms with E-state index in [-0.39, 0.29) is 12.3 Å². The van der Waals surface area contributed by atoms with Crippen molar-refractivity contribution >= 4 is 29.2 Å². The molecule has 132 valence electrons. The number of anilines is 1. The van der Waals surface area contributed by atoms with Gasteiger partial charge in [-0.1, -0.05) is 29.8 Å². The van der Waals surface area contributed by atoms with Crippen molar-refractivity contribution in [1.29, 1.82) is 0 Å². The first-order chi connectivity index (χ1) is 12.0. The number of aliphatic carboxylic acids is 1. The predicted octanol–water partition coefficient (Wildman–Crippen LogP) is 4.50. The van der Waals surface area contributed by atoms with Crippen molar-refractivity contribution < 1.29 is 19.4 Å². The van der Waals surface area contributed by atoms with Gasteiger partial charge in [0.2, 0.25) is 5.91 Å². The van der Waals surface area contributed by atoms with Crippen molar-refractivity contribution in [2.24, 2.45) is 0 Å². The van der Waals surface area contributed by atoms with Gasteiger partial charge in [0.1, 0.15) is 12.4 Å². The zero-order valence-corrected chi connectivity index (χ0v) is 14.5. The van der Waals surface area contributed by atoms with Crippen molar-refractivity contribution in [1.82, 2.24) is 0 Å². The molecule has 0 spiro atoms. The van der Waals surface area contributed by atoms with Gasteiger partial charge in [0.05, 0.1) is 0 Å². The molecule has 0 unspecified atom stereocenters. The maximum Gasteiger partial charge on any atom is 0.303 e. The van der Waals surface area contributed by atoms with Crippen LogP contribution >= 0.6 is 11.6 Å². The number of nitrogens with one attached hydrogen (secondary N) is 1. The first-order valence-electron chi connectivity index (χ1n) is 8.02. The van der Waals surface area contributed by atoms with Gasteiger partial charge in [0, 0.05) is 29.1 Å². The van der Waals surface area contributed by atoms with E-state index in [1.54, 1.807) is 24.3 Å². The Bertz CT molecular complexity index is 716. The lowest BCUT2D eigenvalue weighted by molar-refractivity contribution is -0.137. The number of carboxylic acids is 1. The van der Waals surface area contributed by atoms with Gasteiger partial charge >= 0.3 is 5.97 Å². The third-order valence-corrected chi connectivity index (χ3v) is 3.90. The van der Waals surface area contributed by atoms with Gasteiger partial charge in [-0.3, -0.25) is 9.59 Å². The molecule has 2 aromatic rings. The molecule has 0 fully saturated rings. The first kappa shape index (κ1) is 18.8. The SMILES string of the molecule is O=C(O)CCCCC(=O)Nc1ccc(OCc2ccccc2Cl)cc1. The van der Waals surface area contributed by atoms with E-state index in [1.807, 2.05) is 24.3 Å². The quantitative estimate of drug-likeness (QED) is 0.644. The molecular formula is C19H20ClNO4. The van der Waals surface area contributed by atoms with Crippen molar-refractivity contribution in [3.8, 4) is 5.75 Å². The van der Waals surface area contributed by atoms with E-state index in [0.29, 0.717) is 42.3 Å². The van der Waals surface area contributed by atoms with Crippen LogP contribution in [0, 0.1) is 0 Å². The normalized spacial score (nSPS) is 10.3. The van der Waals surface area contributed by atoms with E-state index < -0.39 is 5.97 Å². The van der Waals surface area contributed by atoms with E-state index in [2.05, 4.69) is 5.32 Å². The van der Waals surface area contributed by atoms with Crippen LogP contribution in [-0.2, 0) is 16.2 Å². The summed E-state index contributed by atoms with van der Waals surface area (Å²) in [6.07, 6.45) is 1.44. The number of rotatable bonds is 9. The number of hydrogen-bond acceptors (Lipinski definition) is 3. The molecule has 0 aromatic heterocycles. The minimum Gasteiger partial charge on any atom is -0.489 e. The van der Waals surface area contributed by atoms with Gasteiger partial charge in [-0.2, -0.15) is 0 Å². The van der Waals surface area contributed by atoms with Crippen LogP contribution in [0.2, 0.25) is 5.02 Å². The largest absolute Gasteiger partial charge is 0.489 e. The number of carboxylic acid groups (broad SMARTS) is 1. The highest BCUT2D eigenvalue weighted by Crippen LogP contribution is 2.20. The zero-order chi connectivity index (χ0) is 18.1. The fourth-order valence-corrected chi connectivity index (χ4v) is 2.39. The molecule has 6 heteroatoms. The van der Waals surface area contributed by atoms with Crippen LogP contribution in [0.4, 0.5) is 5.69 Å². The number of halogens is 1. The topological polar surface area (TPSA) is 75.6 Å². The number of carbonyl (C=O) groups is 2. The molecule has 0 aliphatic heterocycles. The Labute approximate surface area is 151 Å². The molecule has 5 nitrogen and oxygen atoms in total. The Morgan fingerprint density at radius 1 is 1.00 bits per heavy atom. The van der Waals surface area contributed by atoms with Crippen LogP contribution < -0.4 is 10.1 Å². The Hall–Kier alpha value is -2.53. The molecule has 25 heavy (non-hydrogen) atoms. The lowest BCUT2D eigenvalue weighted by Gasteiger charge is -2.09. The summed E-state index contributed by atoms with van der Waals surface area (Å²) in [5, 5.41) is 12.0. The van der Waals surface area contributed by atoms with Crippen LogP contribution in [0.15, 0.2) is 48.5 Å². The number of ether oxygens (including phenoxy) is 1. The van der Waals surface area contributed by atoms with Crippen molar-refractivity contribution in [3.63, 3.8) is 0 Å². The summed E-state index contributed by atoms with van der Waals surface area (Å²) in [6.45, 7) is 0.370. The maximum absolute atomic E-state index is 11.8. The average Bonchev–Trinajstić information content (AvgIpc) is 2.59. The second kappa shape index (κ2) is 9.69. The lowest BCUT2D eigenvalue weighted by Crippen LogP contribution is -2.11. The maximum atomic E-state index is 11.8. The molecule has 1 amide bonds. The van der Waals surface area contributed by atoms with Crippen molar-refractivity contribution in [2.75, 3.05) is 5.32 Å². The molecule has 0 aliphatic rings. The second-order valence-corrected chi connectivity index (χ2v) is 5.96. The van der Waals surface area contributed by atoms with Crippen molar-refractivity contribution in [3.05, 3.63) is 59.1 Å². The molecule has 0 saturated heterocycles. The summed E-state index contributed by atoms with van der Waals surface area (Å²) in [4.78, 5) is 22.2. The van der Waals surface area contributed by atoms with Crippen molar-refractivity contribution in [2.45, 2.75) is 32.3 Å². The zero-order valence-electron chi connectivity index (χ0n) is 13.7. The molecule has 2 aromatic carbocycles. The van der Waals surface area contributed by atoms with Gasteiger partial charge in [-0.25, -0.2) is 0 Å². The van der Waals surface area contributed by atoms with E-state index in [1.165, 1.54) is 0 Å². The average molecular weight is 362 g/mol. The van der Waals surface area contributed by atoms with E-state index in [9.17, 15) is 9.59 Å². The molecule has 0 atom stereocenters. The third kappa shape index (κ3) is 6.85. The Balaban J connectivity index is 1.76. The number of unbranched alkanes of at least 4 members (excludes halogenated alkanes) is 1. The van der Waals surface area contributed by atoms with Gasteiger partial charge < -0.3 is 15.2 Å². The highest BCUT2D eigenvalue weighted by molar-refractivity contribution is 6.31. The van der Waals surface area contributed by atoms with Crippen LogP contribution in [0.3, 0.4) is 0 Å². The lowest BCUT2D eigenvalue weighted by atomic mass is 10.2. The molecule has 2 rings (SSSR count). The summed E-state index contributed by atoms with van der Waals surface area (Å²) < 4.78 is 5.68. The predicted molar refractivity (Wildman–Crippen MR) is 97.0 cm³/mol. The summed E-state index contributed by atoms with van der Waals surface area (Å²) in [6, 6.07) is 14.6. The van der Waals surface area contributed by atoms with Crippen LogP contribution in [0.5, 0.6) is 5.75 Å². The van der Waals surface area contributed by atoms with E-state index >= 15 is 0 Å². The summed E-state index contributed by atoms with van der Waals surface area (Å²) in [5.74, 6) is -0.290. The summed E-state index contributed by atoms with van der Waals surface area (Å²) in [7, 11) is 0. The van der Waals surface area contributed by atoms with Gasteiger partial charge in [0.15, 0.2) is 0 Å². The number of carbonyl (C=O) groups excluding carboxylic acids is 1. The van der Waals surface area contributed by atoms with Gasteiger partial charge in [-0.05, 0) is 43.2 Å². The Morgan fingerprint density at radius 2 is 1.68 bits per heavy atom. The van der Waals surface area contributed by atoms with E-state index in [0.717, 1.165) is 5.56 Å². The highest BCUT2D eigenvalue weighted by Gasteiger charge is 2.05. The molecule has 0 bridgehead atoms. The molecule has 2 N–H and O–H groups in total. The highest BCUT2D eigenvalue weighted by atomic mass is 35.5. The van der Waals surface area contributed by atoms with Crippen LogP contribution in [-0.4, -0.2) is 17.0 Å². The summed E-state index contributed by atoms with van der Waals surface area (Å²) in [5.41, 5.74) is 1.58. The fraction of sp³-hybridized carbons (Fsp3) is 0.263. The smallest absolute Gasteiger partial charge is 0.303 e.